The molecule has 126 valence electrons. The fourth-order valence-electron chi connectivity index (χ4n) is 1.99. The van der Waals surface area contributed by atoms with Crippen molar-refractivity contribution >= 4 is 33.4 Å². The summed E-state index contributed by atoms with van der Waals surface area (Å²) in [7, 11) is 1.57. The number of halogens is 1. The van der Waals surface area contributed by atoms with Crippen LogP contribution in [0.15, 0.2) is 46.9 Å². The van der Waals surface area contributed by atoms with Gasteiger partial charge < -0.3 is 20.5 Å². The minimum Gasteiger partial charge on any atom is -0.490 e. The van der Waals surface area contributed by atoms with Crippen LogP contribution in [0.3, 0.4) is 0 Å². The summed E-state index contributed by atoms with van der Waals surface area (Å²) in [6.45, 7) is 0.743. The van der Waals surface area contributed by atoms with Crippen molar-refractivity contribution in [3.05, 3.63) is 58.1 Å². The van der Waals surface area contributed by atoms with E-state index in [4.69, 9.17) is 15.2 Å². The highest BCUT2D eigenvalue weighted by atomic mass is 79.9. The van der Waals surface area contributed by atoms with Crippen molar-refractivity contribution in [3.63, 3.8) is 0 Å². The van der Waals surface area contributed by atoms with Crippen LogP contribution < -0.4 is 15.8 Å². The number of nitrogens with one attached hydrogen (secondary N) is 1. The first-order valence-electron chi connectivity index (χ1n) is 7.14. The molecule has 24 heavy (non-hydrogen) atoms. The Hall–Kier alpha value is -2.38. The van der Waals surface area contributed by atoms with Gasteiger partial charge in [-0.15, -0.1) is 0 Å². The third kappa shape index (κ3) is 4.81. The molecular weight excluding hydrogens is 376 g/mol. The molecule has 2 aromatic carbocycles. The number of amides is 2. The van der Waals surface area contributed by atoms with E-state index in [9.17, 15) is 9.59 Å². The minimum absolute atomic E-state index is 0.318. The Balaban J connectivity index is 2.21. The molecule has 2 aromatic rings. The van der Waals surface area contributed by atoms with Gasteiger partial charge in [0.05, 0.1) is 12.2 Å². The Morgan fingerprint density at radius 2 is 1.96 bits per heavy atom. The van der Waals surface area contributed by atoms with Crippen molar-refractivity contribution in [2.45, 2.75) is 0 Å². The predicted octanol–water partition coefficient (Wildman–Crippen LogP) is 2.83. The SMILES string of the molecule is COCCOc1ccc(Br)cc1C(=O)Nc1cccc(C(N)=O)c1. The van der Waals surface area contributed by atoms with Crippen molar-refractivity contribution in [3.8, 4) is 5.75 Å². The van der Waals surface area contributed by atoms with Crippen LogP contribution in [0.1, 0.15) is 20.7 Å². The van der Waals surface area contributed by atoms with Crippen molar-refractivity contribution in [1.29, 1.82) is 0 Å². The van der Waals surface area contributed by atoms with E-state index in [1.54, 1.807) is 43.5 Å². The summed E-state index contributed by atoms with van der Waals surface area (Å²) in [5.41, 5.74) is 6.40. The van der Waals surface area contributed by atoms with Crippen LogP contribution in [0, 0.1) is 0 Å². The van der Waals surface area contributed by atoms with Crippen LogP contribution in [0.2, 0.25) is 0 Å². The summed E-state index contributed by atoms with van der Waals surface area (Å²) < 4.78 is 11.3. The predicted molar refractivity (Wildman–Crippen MR) is 94.4 cm³/mol. The Labute approximate surface area is 148 Å². The van der Waals surface area contributed by atoms with Crippen LogP contribution in [0.25, 0.3) is 0 Å². The first-order valence-corrected chi connectivity index (χ1v) is 7.93. The van der Waals surface area contributed by atoms with E-state index in [1.165, 1.54) is 6.07 Å². The molecule has 0 aliphatic rings. The number of carbonyl (C=O) groups excluding carboxylic acids is 2. The summed E-state index contributed by atoms with van der Waals surface area (Å²) in [6.07, 6.45) is 0. The highest BCUT2D eigenvalue weighted by molar-refractivity contribution is 9.10. The highest BCUT2D eigenvalue weighted by Gasteiger charge is 2.14. The zero-order chi connectivity index (χ0) is 17.5. The van der Waals surface area contributed by atoms with Crippen LogP contribution in [0.5, 0.6) is 5.75 Å². The van der Waals surface area contributed by atoms with E-state index >= 15 is 0 Å². The molecule has 2 rings (SSSR count). The fraction of sp³-hybridized carbons (Fsp3) is 0.176. The molecule has 0 aliphatic heterocycles. The van der Waals surface area contributed by atoms with Crippen LogP contribution in [-0.2, 0) is 4.74 Å². The standard InChI is InChI=1S/C17H17BrN2O4/c1-23-7-8-24-15-6-5-12(18)10-14(15)17(22)20-13-4-2-3-11(9-13)16(19)21/h2-6,9-10H,7-8H2,1H3,(H2,19,21)(H,20,22). The Morgan fingerprint density at radius 3 is 2.67 bits per heavy atom. The summed E-state index contributed by atoms with van der Waals surface area (Å²) >= 11 is 3.34. The molecule has 0 aliphatic carbocycles. The molecule has 0 bridgehead atoms. The molecule has 0 saturated carbocycles. The zero-order valence-corrected chi connectivity index (χ0v) is 14.6. The molecule has 0 aromatic heterocycles. The topological polar surface area (TPSA) is 90.7 Å². The lowest BCUT2D eigenvalue weighted by Gasteiger charge is -2.12. The maximum Gasteiger partial charge on any atom is 0.259 e. The van der Waals surface area contributed by atoms with Crippen molar-refractivity contribution < 1.29 is 19.1 Å². The number of primary amides is 1. The van der Waals surface area contributed by atoms with Gasteiger partial charge in [0.25, 0.3) is 5.91 Å². The Morgan fingerprint density at radius 1 is 1.17 bits per heavy atom. The van der Waals surface area contributed by atoms with E-state index in [1.807, 2.05) is 0 Å². The molecule has 3 N–H and O–H groups in total. The Bertz CT molecular complexity index is 749. The third-order valence-corrected chi connectivity index (χ3v) is 3.63. The number of anilines is 1. The number of carbonyl (C=O) groups is 2. The van der Waals surface area contributed by atoms with Gasteiger partial charge in [-0.05, 0) is 36.4 Å². The lowest BCUT2D eigenvalue weighted by atomic mass is 10.1. The smallest absolute Gasteiger partial charge is 0.259 e. The van der Waals surface area contributed by atoms with Crippen LogP contribution in [-0.4, -0.2) is 32.1 Å². The van der Waals surface area contributed by atoms with Gasteiger partial charge in [-0.3, -0.25) is 9.59 Å². The molecule has 0 radical (unpaired) electrons. The van der Waals surface area contributed by atoms with E-state index in [-0.39, 0.29) is 5.91 Å². The quantitative estimate of drug-likeness (QED) is 0.708. The summed E-state index contributed by atoms with van der Waals surface area (Å²) in [4.78, 5) is 23.8. The van der Waals surface area contributed by atoms with Crippen LogP contribution in [0.4, 0.5) is 5.69 Å². The normalized spacial score (nSPS) is 10.2. The number of benzene rings is 2. The number of hydrogen-bond donors (Lipinski definition) is 2. The van der Waals surface area contributed by atoms with Gasteiger partial charge in [0.2, 0.25) is 5.91 Å². The molecule has 2 amide bonds. The molecule has 0 spiro atoms. The van der Waals surface area contributed by atoms with Crippen molar-refractivity contribution in [1.82, 2.24) is 0 Å². The molecule has 6 nitrogen and oxygen atoms in total. The lowest BCUT2D eigenvalue weighted by Crippen LogP contribution is -2.16. The first kappa shape index (κ1) is 18.0. The number of ether oxygens (including phenoxy) is 2. The second-order valence-corrected chi connectivity index (χ2v) is 5.80. The van der Waals surface area contributed by atoms with E-state index < -0.39 is 5.91 Å². The van der Waals surface area contributed by atoms with Crippen LogP contribution >= 0.6 is 15.9 Å². The number of nitrogens with two attached hydrogens (primary N) is 1. The Kier molecular flexibility index (Phi) is 6.34. The molecule has 0 fully saturated rings. The molecule has 0 unspecified atom stereocenters. The summed E-state index contributed by atoms with van der Waals surface area (Å²) in [5, 5.41) is 2.73. The van der Waals surface area contributed by atoms with Gasteiger partial charge in [0.1, 0.15) is 12.4 Å². The van der Waals surface area contributed by atoms with Crippen molar-refractivity contribution in [2.75, 3.05) is 25.6 Å². The monoisotopic (exact) mass is 392 g/mol. The van der Waals surface area contributed by atoms with Gasteiger partial charge >= 0.3 is 0 Å². The molecule has 0 saturated heterocycles. The molecule has 7 heteroatoms. The van der Waals surface area contributed by atoms with Gasteiger partial charge in [-0.1, -0.05) is 22.0 Å². The maximum absolute atomic E-state index is 12.5. The van der Waals surface area contributed by atoms with Gasteiger partial charge in [-0.25, -0.2) is 0 Å². The average molecular weight is 393 g/mol. The summed E-state index contributed by atoms with van der Waals surface area (Å²) in [6, 6.07) is 11.6. The van der Waals surface area contributed by atoms with Gasteiger partial charge in [-0.2, -0.15) is 0 Å². The van der Waals surface area contributed by atoms with E-state index in [0.717, 1.165) is 4.47 Å². The lowest BCUT2D eigenvalue weighted by molar-refractivity contribution is 0.0994. The van der Waals surface area contributed by atoms with E-state index in [0.29, 0.717) is 35.8 Å². The maximum atomic E-state index is 12.5. The second kappa shape index (κ2) is 8.47. The van der Waals surface area contributed by atoms with Gasteiger partial charge in [0.15, 0.2) is 0 Å². The molecular formula is C17H17BrN2O4. The number of methoxy groups -OCH3 is 1. The number of rotatable bonds is 7. The molecule has 0 heterocycles. The third-order valence-electron chi connectivity index (χ3n) is 3.14. The van der Waals surface area contributed by atoms with E-state index in [2.05, 4.69) is 21.2 Å². The average Bonchev–Trinajstić information content (AvgIpc) is 2.56. The largest absolute Gasteiger partial charge is 0.490 e. The highest BCUT2D eigenvalue weighted by Crippen LogP contribution is 2.24. The van der Waals surface area contributed by atoms with Crippen molar-refractivity contribution in [2.24, 2.45) is 5.73 Å². The summed E-state index contributed by atoms with van der Waals surface area (Å²) in [5.74, 6) is -0.471. The molecule has 0 atom stereocenters. The minimum atomic E-state index is -0.558. The number of hydrogen-bond acceptors (Lipinski definition) is 4. The first-order chi connectivity index (χ1) is 11.5. The fourth-order valence-corrected chi connectivity index (χ4v) is 2.35. The second-order valence-electron chi connectivity index (χ2n) is 4.88. The zero-order valence-electron chi connectivity index (χ0n) is 13.0. The van der Waals surface area contributed by atoms with Gasteiger partial charge in [0, 0.05) is 22.8 Å².